The van der Waals surface area contributed by atoms with E-state index in [2.05, 4.69) is 4.99 Å². The summed E-state index contributed by atoms with van der Waals surface area (Å²) < 4.78 is 16.2. The van der Waals surface area contributed by atoms with Crippen LogP contribution in [0.5, 0.6) is 17.2 Å². The predicted molar refractivity (Wildman–Crippen MR) is 116 cm³/mol. The van der Waals surface area contributed by atoms with Crippen LogP contribution in [0.15, 0.2) is 65.7 Å². The summed E-state index contributed by atoms with van der Waals surface area (Å²) in [5, 5.41) is 13.0. The maximum atomic E-state index is 11.0. The lowest BCUT2D eigenvalue weighted by molar-refractivity contribution is 0.185. The van der Waals surface area contributed by atoms with Gasteiger partial charge in [0.25, 0.3) is 0 Å². The van der Waals surface area contributed by atoms with Crippen LogP contribution in [0.1, 0.15) is 5.56 Å². The van der Waals surface area contributed by atoms with Crippen molar-refractivity contribution >= 4 is 23.0 Å². The minimum absolute atomic E-state index is 0.542. The van der Waals surface area contributed by atoms with Gasteiger partial charge >= 0.3 is 0 Å². The summed E-state index contributed by atoms with van der Waals surface area (Å²) in [7, 11) is 4.76. The molecule has 0 aromatic heterocycles. The molecule has 0 saturated carbocycles. The van der Waals surface area contributed by atoms with Crippen LogP contribution in [-0.4, -0.2) is 32.8 Å². The lowest BCUT2D eigenvalue weighted by Gasteiger charge is -2.33. The van der Waals surface area contributed by atoms with E-state index in [0.29, 0.717) is 21.9 Å². The van der Waals surface area contributed by atoms with Gasteiger partial charge in [-0.1, -0.05) is 23.7 Å². The van der Waals surface area contributed by atoms with Crippen molar-refractivity contribution in [2.24, 2.45) is 4.99 Å². The SMILES string of the molecule is COc1ccc(N2C(c3ccc(Cl)cc3)=c3cc(OC)c(OC)cc3=NC2O)cc1. The summed E-state index contributed by atoms with van der Waals surface area (Å²) >= 11 is 6.11. The molecule has 4 rings (SSSR count). The number of nitrogens with zero attached hydrogens (tertiary/aromatic N) is 2. The van der Waals surface area contributed by atoms with E-state index in [1.165, 1.54) is 0 Å². The minimum atomic E-state index is -1.13. The van der Waals surface area contributed by atoms with Gasteiger partial charge in [0.2, 0.25) is 6.35 Å². The maximum absolute atomic E-state index is 11.0. The van der Waals surface area contributed by atoms with Crippen molar-refractivity contribution in [1.82, 2.24) is 0 Å². The molecule has 0 saturated heterocycles. The second-order valence-corrected chi connectivity index (χ2v) is 7.06. The van der Waals surface area contributed by atoms with Crippen LogP contribution in [0, 0.1) is 0 Å². The number of ether oxygens (including phenoxy) is 3. The second kappa shape index (κ2) is 8.26. The van der Waals surface area contributed by atoms with Crippen molar-refractivity contribution in [2.75, 3.05) is 26.2 Å². The fourth-order valence-corrected chi connectivity index (χ4v) is 3.63. The van der Waals surface area contributed by atoms with Crippen molar-refractivity contribution in [3.8, 4) is 17.2 Å². The Balaban J connectivity index is 2.03. The van der Waals surface area contributed by atoms with Gasteiger partial charge in [-0.25, -0.2) is 4.99 Å². The van der Waals surface area contributed by atoms with E-state index < -0.39 is 6.35 Å². The number of rotatable bonds is 5. The van der Waals surface area contributed by atoms with Gasteiger partial charge in [0.15, 0.2) is 11.5 Å². The van der Waals surface area contributed by atoms with Gasteiger partial charge in [-0.05, 0) is 48.0 Å². The first-order chi connectivity index (χ1) is 14.5. The zero-order chi connectivity index (χ0) is 21.3. The predicted octanol–water partition coefficient (Wildman–Crippen LogP) is 2.94. The number of anilines is 1. The number of halogens is 1. The first-order valence-corrected chi connectivity index (χ1v) is 9.65. The average molecular weight is 425 g/mol. The monoisotopic (exact) mass is 424 g/mol. The van der Waals surface area contributed by atoms with Gasteiger partial charge in [-0.3, -0.25) is 4.90 Å². The molecule has 1 aliphatic heterocycles. The zero-order valence-electron chi connectivity index (χ0n) is 16.8. The van der Waals surface area contributed by atoms with Crippen molar-refractivity contribution in [3.63, 3.8) is 0 Å². The van der Waals surface area contributed by atoms with Crippen molar-refractivity contribution in [1.29, 1.82) is 0 Å². The number of benzene rings is 3. The standard InChI is InChI=1S/C23H21ClN2O4/c1-28-17-10-8-16(9-11-17)26-22(14-4-6-15(24)7-5-14)18-12-20(29-2)21(30-3)13-19(18)25-23(26)27/h4-13,23,27H,1-3H3. The molecule has 7 heteroatoms. The molecular formula is C23H21ClN2O4. The largest absolute Gasteiger partial charge is 0.497 e. The molecule has 0 spiro atoms. The van der Waals surface area contributed by atoms with Gasteiger partial charge < -0.3 is 19.3 Å². The van der Waals surface area contributed by atoms with E-state index in [4.69, 9.17) is 25.8 Å². The molecule has 6 nitrogen and oxygen atoms in total. The van der Waals surface area contributed by atoms with Gasteiger partial charge in [-0.15, -0.1) is 0 Å². The Hall–Kier alpha value is -3.22. The second-order valence-electron chi connectivity index (χ2n) is 6.62. The molecule has 3 aromatic rings. The third-order valence-corrected chi connectivity index (χ3v) is 5.20. The molecule has 0 amide bonds. The molecule has 0 fully saturated rings. The van der Waals surface area contributed by atoms with Crippen LogP contribution in [-0.2, 0) is 0 Å². The summed E-state index contributed by atoms with van der Waals surface area (Å²) in [5.74, 6) is 1.84. The number of fused-ring (bicyclic) bond motifs is 1. The van der Waals surface area contributed by atoms with E-state index in [9.17, 15) is 5.11 Å². The van der Waals surface area contributed by atoms with E-state index >= 15 is 0 Å². The van der Waals surface area contributed by atoms with Crippen LogP contribution in [0.3, 0.4) is 0 Å². The van der Waals surface area contributed by atoms with Gasteiger partial charge in [0.05, 0.1) is 32.4 Å². The van der Waals surface area contributed by atoms with Crippen molar-refractivity contribution in [2.45, 2.75) is 6.35 Å². The van der Waals surface area contributed by atoms with E-state index in [-0.39, 0.29) is 0 Å². The lowest BCUT2D eigenvalue weighted by Crippen LogP contribution is -2.46. The molecule has 0 radical (unpaired) electrons. The molecule has 1 heterocycles. The Morgan fingerprint density at radius 2 is 1.50 bits per heavy atom. The third kappa shape index (κ3) is 3.56. The van der Waals surface area contributed by atoms with Crippen LogP contribution in [0.2, 0.25) is 5.02 Å². The topological polar surface area (TPSA) is 63.5 Å². The summed E-state index contributed by atoms with van der Waals surface area (Å²) in [5.41, 5.74) is 2.41. The molecule has 1 N–H and O–H groups in total. The van der Waals surface area contributed by atoms with Gasteiger partial charge in [-0.2, -0.15) is 0 Å². The van der Waals surface area contributed by atoms with E-state index in [1.807, 2.05) is 54.6 Å². The fourth-order valence-electron chi connectivity index (χ4n) is 3.50. The molecule has 154 valence electrons. The number of hydrogen-bond acceptors (Lipinski definition) is 6. The van der Waals surface area contributed by atoms with Crippen molar-refractivity contribution < 1.29 is 19.3 Å². The molecule has 0 aliphatic carbocycles. The van der Waals surface area contributed by atoms with Crippen LogP contribution in [0.4, 0.5) is 5.69 Å². The fraction of sp³-hybridized carbons (Fsp3) is 0.174. The van der Waals surface area contributed by atoms with Crippen LogP contribution in [0.25, 0.3) is 5.70 Å². The molecule has 0 bridgehead atoms. The number of aliphatic hydroxyl groups excluding tert-OH is 1. The molecule has 1 atom stereocenters. The first kappa shape index (κ1) is 20.1. The summed E-state index contributed by atoms with van der Waals surface area (Å²) in [6.45, 7) is 0. The highest BCUT2D eigenvalue weighted by Crippen LogP contribution is 2.31. The normalized spacial score (nSPS) is 15.3. The average Bonchev–Trinajstić information content (AvgIpc) is 2.78. The van der Waals surface area contributed by atoms with Crippen LogP contribution >= 0.6 is 11.6 Å². The van der Waals surface area contributed by atoms with E-state index in [0.717, 1.165) is 27.9 Å². The molecule has 1 unspecified atom stereocenters. The summed E-state index contributed by atoms with van der Waals surface area (Å²) in [6, 6.07) is 18.5. The highest BCUT2D eigenvalue weighted by molar-refractivity contribution is 6.30. The molecule has 1 aliphatic rings. The Morgan fingerprint density at radius 1 is 0.867 bits per heavy atom. The van der Waals surface area contributed by atoms with Gasteiger partial charge in [0, 0.05) is 22.0 Å². The Kier molecular flexibility index (Phi) is 5.53. The first-order valence-electron chi connectivity index (χ1n) is 9.27. The number of aliphatic hydroxyl groups is 1. The van der Waals surface area contributed by atoms with Gasteiger partial charge in [0.1, 0.15) is 5.75 Å². The smallest absolute Gasteiger partial charge is 0.230 e. The molecule has 3 aromatic carbocycles. The minimum Gasteiger partial charge on any atom is -0.497 e. The van der Waals surface area contributed by atoms with E-state index in [1.54, 1.807) is 32.3 Å². The Labute approximate surface area is 179 Å². The molecular weight excluding hydrogens is 404 g/mol. The summed E-state index contributed by atoms with van der Waals surface area (Å²) in [6.07, 6.45) is -1.13. The Bertz CT molecular complexity index is 1180. The highest BCUT2D eigenvalue weighted by Gasteiger charge is 2.26. The number of hydrogen-bond donors (Lipinski definition) is 1. The summed E-state index contributed by atoms with van der Waals surface area (Å²) in [4.78, 5) is 6.25. The number of methoxy groups -OCH3 is 3. The third-order valence-electron chi connectivity index (χ3n) is 4.95. The molecule has 30 heavy (non-hydrogen) atoms. The maximum Gasteiger partial charge on any atom is 0.230 e. The van der Waals surface area contributed by atoms with Crippen molar-refractivity contribution in [3.05, 3.63) is 81.8 Å². The zero-order valence-corrected chi connectivity index (χ0v) is 17.6. The lowest BCUT2D eigenvalue weighted by atomic mass is 10.0. The van der Waals surface area contributed by atoms with Crippen LogP contribution < -0.4 is 29.7 Å². The highest BCUT2D eigenvalue weighted by atomic mass is 35.5. The quantitative estimate of drug-likeness (QED) is 0.682. The Morgan fingerprint density at radius 3 is 2.10 bits per heavy atom.